The number of allylic oxidation sites excluding steroid dienone is 2. The Morgan fingerprint density at radius 1 is 1.00 bits per heavy atom. The average molecular weight is 617 g/mol. The van der Waals surface area contributed by atoms with Crippen molar-refractivity contribution in [3.63, 3.8) is 0 Å². The molecule has 0 amide bonds. The van der Waals surface area contributed by atoms with Crippen LogP contribution in [0.3, 0.4) is 0 Å². The first-order valence-corrected chi connectivity index (χ1v) is 14.7. The number of fused-ring (bicyclic) bond motifs is 3. The SMILES string of the molecule is COC(=O)C(=O)Cc1ccc(-c2ccc(O)c3c2C[C@]2(C)C[C@]4(C)C(C(C)C)C(O)=C(C(C)=O)C(=O)[C@]4(O)C(O)=C2C3=O)cc1. The number of phenols is 1. The van der Waals surface area contributed by atoms with Crippen molar-refractivity contribution >= 4 is 29.1 Å². The van der Waals surface area contributed by atoms with E-state index in [1.54, 1.807) is 58.0 Å². The molecule has 3 aliphatic rings. The number of rotatable bonds is 6. The van der Waals surface area contributed by atoms with Crippen molar-refractivity contribution < 1.29 is 49.1 Å². The van der Waals surface area contributed by atoms with E-state index in [1.165, 1.54) is 6.07 Å². The molecule has 2 aromatic rings. The van der Waals surface area contributed by atoms with E-state index >= 15 is 0 Å². The molecular weight excluding hydrogens is 580 g/mol. The Hall–Kier alpha value is -4.57. The van der Waals surface area contributed by atoms with E-state index < -0.39 is 68.5 Å². The topological polar surface area (TPSA) is 175 Å². The minimum atomic E-state index is -2.68. The molecule has 4 atom stereocenters. The van der Waals surface area contributed by atoms with E-state index in [0.29, 0.717) is 22.3 Å². The molecule has 0 spiro atoms. The number of ketones is 4. The molecule has 10 nitrogen and oxygen atoms in total. The first-order valence-electron chi connectivity index (χ1n) is 14.7. The van der Waals surface area contributed by atoms with Gasteiger partial charge in [-0.3, -0.25) is 19.2 Å². The normalized spacial score (nSPS) is 27.6. The fourth-order valence-corrected chi connectivity index (χ4v) is 8.18. The number of benzene rings is 2. The van der Waals surface area contributed by atoms with Gasteiger partial charge in [0.1, 0.15) is 22.8 Å². The maximum Gasteiger partial charge on any atom is 0.374 e. The summed E-state index contributed by atoms with van der Waals surface area (Å²) in [7, 11) is 1.13. The fourth-order valence-electron chi connectivity index (χ4n) is 8.18. The van der Waals surface area contributed by atoms with Gasteiger partial charge in [-0.25, -0.2) is 4.79 Å². The fraction of sp³-hybridized carbons (Fsp3) is 0.400. The molecule has 10 heteroatoms. The summed E-state index contributed by atoms with van der Waals surface area (Å²) in [4.78, 5) is 64.2. The predicted octanol–water partition coefficient (Wildman–Crippen LogP) is 4.30. The number of hydrogen-bond donors (Lipinski definition) is 4. The zero-order valence-corrected chi connectivity index (χ0v) is 26.0. The minimum absolute atomic E-state index is 0.0193. The van der Waals surface area contributed by atoms with Gasteiger partial charge in [0, 0.05) is 28.7 Å². The molecule has 0 saturated carbocycles. The third kappa shape index (κ3) is 4.37. The van der Waals surface area contributed by atoms with Gasteiger partial charge in [-0.15, -0.1) is 0 Å². The molecule has 0 aliphatic heterocycles. The van der Waals surface area contributed by atoms with Crippen molar-refractivity contribution in [3.05, 3.63) is 75.8 Å². The Labute approximate surface area is 260 Å². The van der Waals surface area contributed by atoms with Crippen LogP contribution < -0.4 is 0 Å². The molecule has 0 bridgehead atoms. The van der Waals surface area contributed by atoms with Crippen molar-refractivity contribution in [2.45, 2.75) is 59.5 Å². The summed E-state index contributed by atoms with van der Waals surface area (Å²) < 4.78 is 4.48. The number of aliphatic hydroxyl groups is 3. The van der Waals surface area contributed by atoms with Crippen molar-refractivity contribution in [1.82, 2.24) is 0 Å². The van der Waals surface area contributed by atoms with Crippen LogP contribution in [0.2, 0.25) is 0 Å². The molecule has 236 valence electrons. The number of methoxy groups -OCH3 is 1. The van der Waals surface area contributed by atoms with Crippen LogP contribution in [0.25, 0.3) is 11.1 Å². The van der Waals surface area contributed by atoms with Gasteiger partial charge in [0.25, 0.3) is 0 Å². The number of esters is 1. The van der Waals surface area contributed by atoms with Gasteiger partial charge in [0.2, 0.25) is 11.6 Å². The van der Waals surface area contributed by atoms with Crippen LogP contribution in [-0.2, 0) is 36.8 Å². The number of carbonyl (C=O) groups is 5. The highest BCUT2D eigenvalue weighted by Crippen LogP contribution is 2.65. The summed E-state index contributed by atoms with van der Waals surface area (Å²) in [6, 6.07) is 9.79. The summed E-state index contributed by atoms with van der Waals surface area (Å²) >= 11 is 0. The molecule has 2 aromatic carbocycles. The molecule has 0 aromatic heterocycles. The van der Waals surface area contributed by atoms with Gasteiger partial charge in [-0.05, 0) is 54.0 Å². The third-order valence-electron chi connectivity index (χ3n) is 9.93. The van der Waals surface area contributed by atoms with E-state index in [1.807, 2.05) is 0 Å². The molecule has 4 N–H and O–H groups in total. The Morgan fingerprint density at radius 2 is 1.62 bits per heavy atom. The number of aliphatic hydroxyl groups excluding tert-OH is 2. The summed E-state index contributed by atoms with van der Waals surface area (Å²) in [6.07, 6.45) is -0.0580. The molecule has 0 heterocycles. The van der Waals surface area contributed by atoms with E-state index in [9.17, 15) is 44.4 Å². The Kier molecular flexibility index (Phi) is 7.44. The van der Waals surface area contributed by atoms with E-state index in [4.69, 9.17) is 0 Å². The zero-order valence-electron chi connectivity index (χ0n) is 26.0. The van der Waals surface area contributed by atoms with Crippen molar-refractivity contribution in [3.8, 4) is 16.9 Å². The van der Waals surface area contributed by atoms with Crippen molar-refractivity contribution in [2.75, 3.05) is 7.11 Å². The first-order chi connectivity index (χ1) is 20.9. The van der Waals surface area contributed by atoms with Gasteiger partial charge >= 0.3 is 5.97 Å². The zero-order chi connectivity index (χ0) is 33.4. The molecule has 1 unspecified atom stereocenters. The number of phenolic OH excluding ortho intramolecular Hbond substituents is 1. The van der Waals surface area contributed by atoms with Crippen LogP contribution in [-0.4, -0.2) is 62.2 Å². The number of carbonyl (C=O) groups excluding carboxylic acids is 5. The van der Waals surface area contributed by atoms with Crippen LogP contribution in [0.4, 0.5) is 0 Å². The standard InChI is InChI=1S/C35H36O10/c1-16(2)26-28(39)24(17(3)36)30(41)35(44)31(42)27-29(40)25-21(14-33(27,4)15-34(26,35)5)20(11-12-22(25)37)19-9-7-18(8-10-19)13-23(38)32(43)45-6/h7-12,16,26,37,39,42,44H,13-15H2,1-6H3/t26?,33-,34-,35+/m1/s1. The Bertz CT molecular complexity index is 1760. The van der Waals surface area contributed by atoms with Crippen LogP contribution in [0.5, 0.6) is 5.75 Å². The third-order valence-corrected chi connectivity index (χ3v) is 9.93. The number of hydrogen-bond acceptors (Lipinski definition) is 10. The lowest BCUT2D eigenvalue weighted by Gasteiger charge is -2.59. The van der Waals surface area contributed by atoms with Gasteiger partial charge < -0.3 is 25.2 Å². The Morgan fingerprint density at radius 3 is 2.18 bits per heavy atom. The molecular formula is C35H36O10. The summed E-state index contributed by atoms with van der Waals surface area (Å²) in [6.45, 7) is 7.97. The molecule has 5 rings (SSSR count). The number of aromatic hydroxyl groups is 1. The summed E-state index contributed by atoms with van der Waals surface area (Å²) in [5.74, 6) is -7.30. The largest absolute Gasteiger partial charge is 0.511 e. The summed E-state index contributed by atoms with van der Waals surface area (Å²) in [5.41, 5.74) is -3.95. The van der Waals surface area contributed by atoms with Crippen LogP contribution in [0, 0.1) is 22.7 Å². The first kappa shape index (κ1) is 31.8. The second-order valence-electron chi connectivity index (χ2n) is 13.2. The Balaban J connectivity index is 1.68. The molecule has 0 radical (unpaired) electrons. The number of Topliss-reactive ketones (excluding diaryl/α,β-unsaturated/α-hetero) is 4. The lowest BCUT2D eigenvalue weighted by molar-refractivity contribution is -0.171. The average Bonchev–Trinajstić information content (AvgIpc) is 2.94. The molecule has 3 aliphatic carbocycles. The van der Waals surface area contributed by atoms with Crippen molar-refractivity contribution in [2.24, 2.45) is 22.7 Å². The molecule has 0 fully saturated rings. The van der Waals surface area contributed by atoms with E-state index in [0.717, 1.165) is 14.0 Å². The maximum atomic E-state index is 14.3. The smallest absolute Gasteiger partial charge is 0.374 e. The molecule has 45 heavy (non-hydrogen) atoms. The van der Waals surface area contributed by atoms with Crippen LogP contribution in [0.1, 0.15) is 62.5 Å². The van der Waals surface area contributed by atoms with Gasteiger partial charge in [-0.2, -0.15) is 0 Å². The van der Waals surface area contributed by atoms with E-state index in [2.05, 4.69) is 4.74 Å². The highest BCUT2D eigenvalue weighted by Gasteiger charge is 2.71. The predicted molar refractivity (Wildman–Crippen MR) is 161 cm³/mol. The highest BCUT2D eigenvalue weighted by molar-refractivity contribution is 6.34. The minimum Gasteiger partial charge on any atom is -0.511 e. The van der Waals surface area contributed by atoms with Crippen LogP contribution in [0.15, 0.2) is 59.1 Å². The second kappa shape index (κ2) is 10.5. The van der Waals surface area contributed by atoms with Gasteiger partial charge in [-0.1, -0.05) is 58.0 Å². The maximum absolute atomic E-state index is 14.3. The lowest BCUT2D eigenvalue weighted by atomic mass is 9.44. The summed E-state index contributed by atoms with van der Waals surface area (Å²) in [5, 5.41) is 46.2. The van der Waals surface area contributed by atoms with Gasteiger partial charge in [0.15, 0.2) is 17.2 Å². The quantitative estimate of drug-likeness (QED) is 0.208. The monoisotopic (exact) mass is 616 g/mol. The number of ether oxygens (including phenoxy) is 1. The highest BCUT2D eigenvalue weighted by atomic mass is 16.5. The van der Waals surface area contributed by atoms with Gasteiger partial charge in [0.05, 0.1) is 12.7 Å². The van der Waals surface area contributed by atoms with Crippen molar-refractivity contribution in [1.29, 1.82) is 0 Å². The van der Waals surface area contributed by atoms with Crippen LogP contribution >= 0.6 is 0 Å². The second-order valence-corrected chi connectivity index (χ2v) is 13.2. The van der Waals surface area contributed by atoms with E-state index in [-0.39, 0.29) is 42.1 Å². The molecule has 0 saturated heterocycles. The lowest BCUT2D eigenvalue weighted by Crippen LogP contribution is -2.67.